The standard InChI is InChI=1S/C30H37NO6/c1-19-9-14-25-20(2)27(34-28-30(25)24(19)15-16-29(3,35-28)36-37-30)33-18-22-10-12-23(13-11-22)26(32)31-17-21-7-5-4-6-8-21/h4-8,10-13,19-20,24-25,27-28H,9,14-18H2,1-3H3,(H,31,32)/t19-,20-,24?,25?,27+,28?,29+,30-/m1/s1. The van der Waals surface area contributed by atoms with Crippen molar-refractivity contribution in [1.29, 1.82) is 0 Å². The molecule has 4 saturated heterocycles. The summed E-state index contributed by atoms with van der Waals surface area (Å²) in [6.07, 6.45) is 3.08. The molecule has 3 unspecified atom stereocenters. The lowest BCUT2D eigenvalue weighted by Crippen LogP contribution is -2.70. The number of ether oxygens (including phenoxy) is 3. The second-order valence-corrected chi connectivity index (χ2v) is 11.4. The van der Waals surface area contributed by atoms with Crippen molar-refractivity contribution in [2.75, 3.05) is 0 Å². The van der Waals surface area contributed by atoms with E-state index in [-0.39, 0.29) is 17.7 Å². The topological polar surface area (TPSA) is 75.3 Å². The molecule has 5 aliphatic rings. The molecule has 198 valence electrons. The van der Waals surface area contributed by atoms with Crippen LogP contribution in [-0.2, 0) is 37.1 Å². The molecule has 1 saturated carbocycles. The fourth-order valence-electron chi connectivity index (χ4n) is 6.87. The van der Waals surface area contributed by atoms with Crippen molar-refractivity contribution in [1.82, 2.24) is 5.32 Å². The lowest BCUT2D eigenvalue weighted by Gasteiger charge is -2.60. The minimum Gasteiger partial charge on any atom is -0.348 e. The number of hydrogen-bond acceptors (Lipinski definition) is 6. The van der Waals surface area contributed by atoms with Crippen LogP contribution < -0.4 is 5.32 Å². The molecule has 1 aliphatic carbocycles. The summed E-state index contributed by atoms with van der Waals surface area (Å²) < 4.78 is 19.2. The molecule has 0 aromatic heterocycles. The maximum absolute atomic E-state index is 12.6. The van der Waals surface area contributed by atoms with Crippen molar-refractivity contribution < 1.29 is 28.8 Å². The van der Waals surface area contributed by atoms with Crippen LogP contribution in [0.4, 0.5) is 0 Å². The minimum absolute atomic E-state index is 0.0942. The summed E-state index contributed by atoms with van der Waals surface area (Å²) in [7, 11) is 0. The van der Waals surface area contributed by atoms with Crippen molar-refractivity contribution in [2.45, 2.75) is 83.6 Å². The number of fused-ring (bicyclic) bond motifs is 2. The fraction of sp³-hybridized carbons (Fsp3) is 0.567. The van der Waals surface area contributed by atoms with Gasteiger partial charge in [-0.2, -0.15) is 0 Å². The number of hydrogen-bond donors (Lipinski definition) is 1. The Morgan fingerprint density at radius 3 is 2.54 bits per heavy atom. The first-order valence-corrected chi connectivity index (χ1v) is 13.6. The molecular weight excluding hydrogens is 470 g/mol. The molecule has 4 aliphatic heterocycles. The molecule has 37 heavy (non-hydrogen) atoms. The largest absolute Gasteiger partial charge is 0.348 e. The van der Waals surface area contributed by atoms with Gasteiger partial charge in [-0.1, -0.05) is 56.3 Å². The van der Waals surface area contributed by atoms with E-state index in [1.54, 1.807) is 0 Å². The van der Waals surface area contributed by atoms with Gasteiger partial charge in [0.25, 0.3) is 5.91 Å². The second-order valence-electron chi connectivity index (χ2n) is 11.4. The van der Waals surface area contributed by atoms with Gasteiger partial charge in [-0.3, -0.25) is 4.79 Å². The van der Waals surface area contributed by atoms with E-state index in [9.17, 15) is 4.79 Å². The van der Waals surface area contributed by atoms with Crippen LogP contribution in [0.5, 0.6) is 0 Å². The summed E-state index contributed by atoms with van der Waals surface area (Å²) in [6.45, 7) is 7.33. The maximum atomic E-state index is 12.6. The zero-order valence-corrected chi connectivity index (χ0v) is 21.9. The van der Waals surface area contributed by atoms with Gasteiger partial charge in [-0.25, -0.2) is 9.78 Å². The predicted molar refractivity (Wildman–Crippen MR) is 136 cm³/mol. The Kier molecular flexibility index (Phi) is 6.62. The second kappa shape index (κ2) is 9.79. The van der Waals surface area contributed by atoms with Crippen LogP contribution in [0.3, 0.4) is 0 Å². The summed E-state index contributed by atoms with van der Waals surface area (Å²) in [5.74, 6) is 0.343. The molecule has 7 heteroatoms. The van der Waals surface area contributed by atoms with Crippen molar-refractivity contribution in [2.24, 2.45) is 23.7 Å². The van der Waals surface area contributed by atoms with E-state index in [0.717, 1.165) is 36.8 Å². The molecule has 7 rings (SSSR count). The molecule has 5 fully saturated rings. The normalized spacial score (nSPS) is 38.5. The van der Waals surface area contributed by atoms with E-state index in [2.05, 4.69) is 19.2 Å². The first-order valence-electron chi connectivity index (χ1n) is 13.6. The molecule has 1 spiro atoms. The first kappa shape index (κ1) is 25.0. The number of amides is 1. The molecule has 2 bridgehead atoms. The van der Waals surface area contributed by atoms with Crippen LogP contribution in [0.1, 0.15) is 67.9 Å². The van der Waals surface area contributed by atoms with Gasteiger partial charge in [0, 0.05) is 30.4 Å². The SMILES string of the molecule is C[C@@H]1CCC2[C@@H](C)[C@@H](OCc3ccc(C(=O)NCc4ccccc4)cc3)OC3O[C@]4(C)CCC1[C@]32OO4. The molecule has 0 radical (unpaired) electrons. The number of nitrogens with one attached hydrogen (secondary N) is 1. The van der Waals surface area contributed by atoms with Gasteiger partial charge < -0.3 is 19.5 Å². The Balaban J connectivity index is 1.10. The van der Waals surface area contributed by atoms with Gasteiger partial charge in [0.15, 0.2) is 18.2 Å². The Morgan fingerprint density at radius 1 is 0.973 bits per heavy atom. The Hall–Kier alpha value is -2.29. The van der Waals surface area contributed by atoms with E-state index in [0.29, 0.717) is 30.6 Å². The number of benzene rings is 2. The number of carbonyl (C=O) groups is 1. The highest BCUT2D eigenvalue weighted by Crippen LogP contribution is 2.60. The fourth-order valence-corrected chi connectivity index (χ4v) is 6.87. The zero-order valence-electron chi connectivity index (χ0n) is 21.9. The van der Waals surface area contributed by atoms with Crippen molar-refractivity contribution in [3.8, 4) is 0 Å². The van der Waals surface area contributed by atoms with Crippen LogP contribution in [0, 0.1) is 23.7 Å². The van der Waals surface area contributed by atoms with Crippen molar-refractivity contribution >= 4 is 5.91 Å². The third kappa shape index (κ3) is 4.51. The van der Waals surface area contributed by atoms with Crippen LogP contribution in [0.25, 0.3) is 0 Å². The lowest BCUT2D eigenvalue weighted by atomic mass is 9.58. The summed E-state index contributed by atoms with van der Waals surface area (Å²) in [6, 6.07) is 17.4. The van der Waals surface area contributed by atoms with E-state index in [1.165, 1.54) is 0 Å². The smallest absolute Gasteiger partial charge is 0.251 e. The summed E-state index contributed by atoms with van der Waals surface area (Å²) in [5, 5.41) is 2.97. The highest BCUT2D eigenvalue weighted by Gasteiger charge is 2.69. The zero-order chi connectivity index (χ0) is 25.6. The molecule has 2 aromatic carbocycles. The highest BCUT2D eigenvalue weighted by atomic mass is 17.3. The Bertz CT molecular complexity index is 1110. The van der Waals surface area contributed by atoms with Crippen LogP contribution in [-0.4, -0.2) is 29.9 Å². The quantitative estimate of drug-likeness (QED) is 0.532. The summed E-state index contributed by atoms with van der Waals surface area (Å²) in [4.78, 5) is 24.7. The average molecular weight is 508 g/mol. The Labute approximate surface area is 218 Å². The van der Waals surface area contributed by atoms with Crippen LogP contribution in [0.15, 0.2) is 54.6 Å². The molecule has 7 nitrogen and oxygen atoms in total. The number of rotatable bonds is 6. The Morgan fingerprint density at radius 2 is 1.76 bits per heavy atom. The monoisotopic (exact) mass is 507 g/mol. The summed E-state index contributed by atoms with van der Waals surface area (Å²) in [5.41, 5.74) is 2.10. The van der Waals surface area contributed by atoms with Crippen LogP contribution >= 0.6 is 0 Å². The third-order valence-corrected chi connectivity index (χ3v) is 9.02. The van der Waals surface area contributed by atoms with Crippen molar-refractivity contribution in [3.63, 3.8) is 0 Å². The van der Waals surface area contributed by atoms with E-state index >= 15 is 0 Å². The molecule has 2 aromatic rings. The molecule has 8 atom stereocenters. The number of carbonyl (C=O) groups excluding carboxylic acids is 1. The molecule has 1 N–H and O–H groups in total. The average Bonchev–Trinajstić information content (AvgIpc) is 3.15. The van der Waals surface area contributed by atoms with Crippen LogP contribution in [0.2, 0.25) is 0 Å². The molecule has 1 amide bonds. The van der Waals surface area contributed by atoms with E-state index in [1.807, 2.05) is 61.5 Å². The van der Waals surface area contributed by atoms with Gasteiger partial charge >= 0.3 is 0 Å². The van der Waals surface area contributed by atoms with Crippen molar-refractivity contribution in [3.05, 3.63) is 71.3 Å². The van der Waals surface area contributed by atoms with Gasteiger partial charge in [-0.15, -0.1) is 0 Å². The molecule has 4 heterocycles. The highest BCUT2D eigenvalue weighted by molar-refractivity contribution is 5.94. The van der Waals surface area contributed by atoms with Gasteiger partial charge in [0.1, 0.15) is 0 Å². The van der Waals surface area contributed by atoms with E-state index < -0.39 is 24.0 Å². The third-order valence-electron chi connectivity index (χ3n) is 9.02. The van der Waals surface area contributed by atoms with Gasteiger partial charge in [0.05, 0.1) is 6.61 Å². The first-order chi connectivity index (χ1) is 17.9. The maximum Gasteiger partial charge on any atom is 0.251 e. The predicted octanol–water partition coefficient (Wildman–Crippen LogP) is 5.34. The minimum atomic E-state index is -0.792. The van der Waals surface area contributed by atoms with Gasteiger partial charge in [-0.05, 0) is 61.3 Å². The molecular formula is C30H37NO6. The van der Waals surface area contributed by atoms with E-state index in [4.69, 9.17) is 24.0 Å². The van der Waals surface area contributed by atoms with Gasteiger partial charge in [0.2, 0.25) is 5.79 Å². The lowest BCUT2D eigenvalue weighted by molar-refractivity contribution is -0.577. The summed E-state index contributed by atoms with van der Waals surface area (Å²) >= 11 is 0.